The fourth-order valence-corrected chi connectivity index (χ4v) is 4.01. The molecule has 3 rings (SSSR count). The second kappa shape index (κ2) is 11.7. The van der Waals surface area contributed by atoms with E-state index in [0.29, 0.717) is 5.66 Å². The molecular formula is C28H35P. The Kier molecular flexibility index (Phi) is 9.36. The molecule has 1 heteroatoms. The zero-order valence-corrected chi connectivity index (χ0v) is 19.6. The first-order valence-corrected chi connectivity index (χ1v) is 11.4. The summed E-state index contributed by atoms with van der Waals surface area (Å²) in [6.07, 6.45) is 13.8. The highest BCUT2D eigenvalue weighted by atomic mass is 31.0. The van der Waals surface area contributed by atoms with Gasteiger partial charge in [-0.2, -0.15) is 0 Å². The van der Waals surface area contributed by atoms with Crippen LogP contribution < -0.4 is 0 Å². The number of fused-ring (bicyclic) bond motifs is 1. The maximum absolute atomic E-state index is 3.74. The molecule has 0 radical (unpaired) electrons. The van der Waals surface area contributed by atoms with Gasteiger partial charge in [0, 0.05) is 5.66 Å². The Bertz CT molecular complexity index is 894. The lowest BCUT2D eigenvalue weighted by atomic mass is 9.93. The van der Waals surface area contributed by atoms with Crippen LogP contribution in [-0.2, 0) is 12.8 Å². The monoisotopic (exact) mass is 402 g/mol. The summed E-state index contributed by atoms with van der Waals surface area (Å²) in [5.74, 6) is 0. The molecule has 0 spiro atoms. The van der Waals surface area contributed by atoms with Crippen LogP contribution in [0, 0.1) is 0 Å². The van der Waals surface area contributed by atoms with Crippen molar-refractivity contribution in [2.75, 3.05) is 0 Å². The third kappa shape index (κ3) is 6.41. The van der Waals surface area contributed by atoms with E-state index in [9.17, 15) is 0 Å². The predicted octanol–water partition coefficient (Wildman–Crippen LogP) is 8.37. The summed E-state index contributed by atoms with van der Waals surface area (Å²) >= 11 is 0. The molecule has 0 fully saturated rings. The van der Waals surface area contributed by atoms with Crippen LogP contribution in [0.15, 0.2) is 78.9 Å². The highest BCUT2D eigenvalue weighted by Crippen LogP contribution is 2.30. The van der Waals surface area contributed by atoms with Gasteiger partial charge >= 0.3 is 0 Å². The lowest BCUT2D eigenvalue weighted by molar-refractivity contribution is 0.923. The molecule has 2 unspecified atom stereocenters. The Morgan fingerprint density at radius 1 is 1.10 bits per heavy atom. The fourth-order valence-electron chi connectivity index (χ4n) is 3.52. The molecule has 0 saturated heterocycles. The van der Waals surface area contributed by atoms with Gasteiger partial charge in [0.2, 0.25) is 0 Å². The fraction of sp³-hybridized carbons (Fsp3) is 0.286. The van der Waals surface area contributed by atoms with Gasteiger partial charge in [-0.25, -0.2) is 0 Å². The van der Waals surface area contributed by atoms with Crippen molar-refractivity contribution in [1.29, 1.82) is 0 Å². The minimum Gasteiger partial charge on any atom is -0.129 e. The van der Waals surface area contributed by atoms with Crippen LogP contribution in [0.2, 0.25) is 0 Å². The number of allylic oxidation sites excluding steroid dienone is 6. The van der Waals surface area contributed by atoms with Crippen LogP contribution in [0.1, 0.15) is 67.6 Å². The van der Waals surface area contributed by atoms with Crippen molar-refractivity contribution in [2.45, 2.75) is 52.6 Å². The maximum atomic E-state index is 3.74. The Labute approximate surface area is 180 Å². The molecule has 2 aromatic carbocycles. The number of aryl methyl sites for hydroxylation is 1. The highest BCUT2D eigenvalue weighted by Gasteiger charge is 2.10. The van der Waals surface area contributed by atoms with Crippen LogP contribution in [0.5, 0.6) is 0 Å². The van der Waals surface area contributed by atoms with E-state index in [1.165, 1.54) is 51.8 Å². The van der Waals surface area contributed by atoms with Gasteiger partial charge in [0.15, 0.2) is 0 Å². The quantitative estimate of drug-likeness (QED) is 0.336. The summed E-state index contributed by atoms with van der Waals surface area (Å²) in [6.45, 7) is 12.1. The number of benzene rings is 2. The minimum absolute atomic E-state index is 0.427. The molecule has 29 heavy (non-hydrogen) atoms. The topological polar surface area (TPSA) is 0 Å². The lowest BCUT2D eigenvalue weighted by Crippen LogP contribution is -1.99. The van der Waals surface area contributed by atoms with E-state index in [1.807, 2.05) is 26.0 Å². The molecule has 2 atom stereocenters. The van der Waals surface area contributed by atoms with Gasteiger partial charge in [0.1, 0.15) is 0 Å². The maximum Gasteiger partial charge on any atom is 0.00257 e. The first-order valence-electron chi connectivity index (χ1n) is 10.7. The molecular weight excluding hydrogens is 367 g/mol. The van der Waals surface area contributed by atoms with Gasteiger partial charge in [-0.05, 0) is 72.1 Å². The standard InChI is InChI=1S/C26H29P.C2H6/c1-4-5-8-19(2)20(3)22-13-15-24(16-14-22)26(27)18-21-11-12-23-9-6-7-10-25(23)17-21;1-2/h4-5,7-8,10-17,26H,1,6,9,18,27H2,2-3H3;1-2H3/b8-5-,20-19+;. The average Bonchev–Trinajstić information content (AvgIpc) is 2.78. The highest BCUT2D eigenvalue weighted by molar-refractivity contribution is 7.17. The van der Waals surface area contributed by atoms with Crippen molar-refractivity contribution in [2.24, 2.45) is 0 Å². The molecule has 0 N–H and O–H groups in total. The SMILES string of the molecule is C=C/C=C\C(C)=C(/C)c1ccc(C(P)Cc2ccc3c(c2)C=CCC3)cc1.CC. The van der Waals surface area contributed by atoms with Crippen molar-refractivity contribution in [3.8, 4) is 0 Å². The van der Waals surface area contributed by atoms with Crippen LogP contribution in [0.25, 0.3) is 11.6 Å². The molecule has 152 valence electrons. The van der Waals surface area contributed by atoms with E-state index in [0.717, 1.165) is 6.42 Å². The van der Waals surface area contributed by atoms with Crippen LogP contribution in [0.4, 0.5) is 0 Å². The Hall–Kier alpha value is -2.17. The molecule has 0 bridgehead atoms. The van der Waals surface area contributed by atoms with E-state index >= 15 is 0 Å². The average molecular weight is 403 g/mol. The number of hydrogen-bond donors (Lipinski definition) is 0. The lowest BCUT2D eigenvalue weighted by Gasteiger charge is -2.16. The van der Waals surface area contributed by atoms with E-state index in [1.54, 1.807) is 0 Å². The Balaban J connectivity index is 0.00000145. The molecule has 2 aromatic rings. The van der Waals surface area contributed by atoms with Gasteiger partial charge in [-0.1, -0.05) is 93.3 Å². The van der Waals surface area contributed by atoms with Crippen molar-refractivity contribution in [3.63, 3.8) is 0 Å². The molecule has 0 saturated carbocycles. The second-order valence-electron chi connectivity index (χ2n) is 7.31. The molecule has 1 aliphatic rings. The molecule has 0 aliphatic heterocycles. The van der Waals surface area contributed by atoms with Gasteiger partial charge in [-0.3, -0.25) is 0 Å². The molecule has 0 nitrogen and oxygen atoms in total. The smallest absolute Gasteiger partial charge is 0.00257 e. The van der Waals surface area contributed by atoms with E-state index in [4.69, 9.17) is 0 Å². The van der Waals surface area contributed by atoms with Crippen LogP contribution in [-0.4, -0.2) is 0 Å². The first-order chi connectivity index (χ1) is 14.1. The van der Waals surface area contributed by atoms with E-state index in [-0.39, 0.29) is 0 Å². The minimum atomic E-state index is 0.427. The Morgan fingerprint density at radius 3 is 2.52 bits per heavy atom. The summed E-state index contributed by atoms with van der Waals surface area (Å²) < 4.78 is 0. The number of hydrogen-bond acceptors (Lipinski definition) is 0. The van der Waals surface area contributed by atoms with Gasteiger partial charge in [0.25, 0.3) is 0 Å². The third-order valence-corrected chi connectivity index (χ3v) is 6.01. The molecule has 1 aliphatic carbocycles. The van der Waals surface area contributed by atoms with Gasteiger partial charge in [-0.15, -0.1) is 9.24 Å². The molecule has 0 amide bonds. The zero-order valence-electron chi connectivity index (χ0n) is 18.4. The van der Waals surface area contributed by atoms with Crippen LogP contribution in [0.3, 0.4) is 0 Å². The molecule has 0 aromatic heterocycles. The number of rotatable bonds is 6. The van der Waals surface area contributed by atoms with Crippen molar-refractivity contribution in [1.82, 2.24) is 0 Å². The largest absolute Gasteiger partial charge is 0.129 e. The van der Waals surface area contributed by atoms with Crippen molar-refractivity contribution >= 4 is 20.9 Å². The normalized spacial score (nSPS) is 14.5. The van der Waals surface area contributed by atoms with Gasteiger partial charge in [0.05, 0.1) is 0 Å². The van der Waals surface area contributed by atoms with Crippen molar-refractivity contribution < 1.29 is 0 Å². The Morgan fingerprint density at radius 2 is 1.83 bits per heavy atom. The van der Waals surface area contributed by atoms with Crippen molar-refractivity contribution in [3.05, 3.63) is 107 Å². The summed E-state index contributed by atoms with van der Waals surface area (Å²) in [7, 11) is 3.02. The van der Waals surface area contributed by atoms with E-state index < -0.39 is 0 Å². The molecule has 0 heterocycles. The summed E-state index contributed by atoms with van der Waals surface area (Å²) in [4.78, 5) is 0. The first kappa shape index (κ1) is 23.1. The second-order valence-corrected chi connectivity index (χ2v) is 8.11. The van der Waals surface area contributed by atoms with Crippen LogP contribution >= 0.6 is 9.24 Å². The van der Waals surface area contributed by atoms with E-state index in [2.05, 4.69) is 90.4 Å². The van der Waals surface area contributed by atoms with Gasteiger partial charge < -0.3 is 0 Å². The summed E-state index contributed by atoms with van der Waals surface area (Å²) in [6, 6.07) is 16.0. The summed E-state index contributed by atoms with van der Waals surface area (Å²) in [5, 5.41) is 0. The third-order valence-electron chi connectivity index (χ3n) is 5.39. The predicted molar refractivity (Wildman–Crippen MR) is 135 cm³/mol. The summed E-state index contributed by atoms with van der Waals surface area (Å²) in [5.41, 5.74) is 9.93. The zero-order chi connectivity index (χ0) is 21.2.